The Morgan fingerprint density at radius 3 is 2.46 bits per heavy atom. The number of carbonyl (C=O) groups excluding carboxylic acids is 1. The van der Waals surface area contributed by atoms with Crippen molar-refractivity contribution in [2.45, 2.75) is 26.3 Å². The van der Waals surface area contributed by atoms with Gasteiger partial charge in [-0.2, -0.15) is 0 Å². The van der Waals surface area contributed by atoms with E-state index in [-0.39, 0.29) is 5.91 Å². The van der Waals surface area contributed by atoms with Crippen LogP contribution in [-0.2, 0) is 0 Å². The Hall–Kier alpha value is -2.53. The van der Waals surface area contributed by atoms with E-state index in [9.17, 15) is 4.79 Å². The van der Waals surface area contributed by atoms with Crippen LogP contribution in [0.2, 0.25) is 0 Å². The van der Waals surface area contributed by atoms with Gasteiger partial charge in [-0.3, -0.25) is 4.79 Å². The van der Waals surface area contributed by atoms with Crippen LogP contribution in [0.3, 0.4) is 0 Å². The van der Waals surface area contributed by atoms with Crippen molar-refractivity contribution in [3.05, 3.63) is 54.1 Å². The second-order valence-corrected chi connectivity index (χ2v) is 5.45. The van der Waals surface area contributed by atoms with Gasteiger partial charge in [0, 0.05) is 23.8 Å². The molecule has 1 heterocycles. The lowest BCUT2D eigenvalue weighted by Crippen LogP contribution is -2.22. The molecule has 1 unspecified atom stereocenters. The SMILES string of the molecule is CC.Nc1ccccc1NC(=O)c1ccc(NC2CCNC2)cc1. The Bertz CT molecular complexity index is 649. The van der Waals surface area contributed by atoms with Crippen LogP contribution in [-0.4, -0.2) is 25.0 Å². The van der Waals surface area contributed by atoms with Gasteiger partial charge in [0.05, 0.1) is 11.4 Å². The van der Waals surface area contributed by atoms with Crippen molar-refractivity contribution in [3.8, 4) is 0 Å². The van der Waals surface area contributed by atoms with Gasteiger partial charge in [-0.05, 0) is 49.4 Å². The molecule has 0 bridgehead atoms. The third-order valence-corrected chi connectivity index (χ3v) is 3.79. The minimum absolute atomic E-state index is 0.160. The number of hydrogen-bond acceptors (Lipinski definition) is 4. The normalized spacial score (nSPS) is 16.0. The van der Waals surface area contributed by atoms with Gasteiger partial charge in [-0.25, -0.2) is 0 Å². The number of rotatable bonds is 4. The standard InChI is InChI=1S/C17H20N4O.C2H6/c18-15-3-1-2-4-16(15)21-17(22)12-5-7-13(8-6-12)20-14-9-10-19-11-14;1-2/h1-8,14,19-20H,9-11,18H2,(H,21,22);1-2H3. The quantitative estimate of drug-likeness (QED) is 0.650. The maximum absolute atomic E-state index is 12.2. The minimum Gasteiger partial charge on any atom is -0.397 e. The van der Waals surface area contributed by atoms with Crippen LogP contribution in [0, 0.1) is 0 Å². The summed E-state index contributed by atoms with van der Waals surface area (Å²) in [7, 11) is 0. The van der Waals surface area contributed by atoms with E-state index in [2.05, 4.69) is 16.0 Å². The van der Waals surface area contributed by atoms with Gasteiger partial charge in [-0.1, -0.05) is 26.0 Å². The second-order valence-electron chi connectivity index (χ2n) is 5.45. The molecular weight excluding hydrogens is 300 g/mol. The third-order valence-electron chi connectivity index (χ3n) is 3.79. The van der Waals surface area contributed by atoms with Gasteiger partial charge in [0.1, 0.15) is 0 Å². The lowest BCUT2D eigenvalue weighted by Gasteiger charge is -2.13. The molecule has 0 saturated carbocycles. The van der Waals surface area contributed by atoms with Crippen molar-refractivity contribution >= 4 is 23.0 Å². The van der Waals surface area contributed by atoms with Gasteiger partial charge in [-0.15, -0.1) is 0 Å². The Morgan fingerprint density at radius 1 is 1.12 bits per heavy atom. The Kier molecular flexibility index (Phi) is 6.63. The van der Waals surface area contributed by atoms with Crippen LogP contribution in [0.15, 0.2) is 48.5 Å². The zero-order valence-corrected chi connectivity index (χ0v) is 14.3. The first-order valence-electron chi connectivity index (χ1n) is 8.45. The average Bonchev–Trinajstić information content (AvgIpc) is 3.12. The predicted octanol–water partition coefficient (Wildman–Crippen LogP) is 3.32. The summed E-state index contributed by atoms with van der Waals surface area (Å²) in [5.74, 6) is -0.160. The Labute approximate surface area is 143 Å². The summed E-state index contributed by atoms with van der Waals surface area (Å²) in [6.07, 6.45) is 1.12. The van der Waals surface area contributed by atoms with E-state index in [1.165, 1.54) is 0 Å². The van der Waals surface area contributed by atoms with Crippen molar-refractivity contribution in [1.29, 1.82) is 0 Å². The number of nitrogens with two attached hydrogens (primary N) is 1. The molecule has 2 aromatic carbocycles. The zero-order valence-electron chi connectivity index (χ0n) is 14.3. The molecule has 1 aliphatic heterocycles. The second kappa shape index (κ2) is 8.93. The highest BCUT2D eigenvalue weighted by Gasteiger charge is 2.14. The van der Waals surface area contributed by atoms with E-state index in [4.69, 9.17) is 5.73 Å². The molecule has 5 heteroatoms. The van der Waals surface area contributed by atoms with Crippen molar-refractivity contribution in [3.63, 3.8) is 0 Å². The molecule has 2 aromatic rings. The van der Waals surface area contributed by atoms with E-state index < -0.39 is 0 Å². The number of nitrogens with one attached hydrogen (secondary N) is 3. The molecule has 0 aliphatic carbocycles. The van der Waals surface area contributed by atoms with E-state index >= 15 is 0 Å². The molecule has 1 fully saturated rings. The summed E-state index contributed by atoms with van der Waals surface area (Å²) in [6, 6.07) is 15.2. The number of para-hydroxylation sites is 2. The molecule has 24 heavy (non-hydrogen) atoms. The summed E-state index contributed by atoms with van der Waals surface area (Å²) in [4.78, 5) is 12.2. The topological polar surface area (TPSA) is 79.2 Å². The molecule has 0 spiro atoms. The first-order chi connectivity index (χ1) is 11.7. The van der Waals surface area contributed by atoms with E-state index in [0.29, 0.717) is 23.0 Å². The maximum atomic E-state index is 12.2. The summed E-state index contributed by atoms with van der Waals surface area (Å²) in [6.45, 7) is 6.03. The number of anilines is 3. The highest BCUT2D eigenvalue weighted by atomic mass is 16.1. The molecule has 128 valence electrons. The predicted molar refractivity (Wildman–Crippen MR) is 101 cm³/mol. The fourth-order valence-electron chi connectivity index (χ4n) is 2.54. The Morgan fingerprint density at radius 2 is 1.83 bits per heavy atom. The molecule has 5 N–H and O–H groups in total. The Balaban J connectivity index is 0.00000100. The molecule has 1 saturated heterocycles. The van der Waals surface area contributed by atoms with Crippen LogP contribution in [0.5, 0.6) is 0 Å². The van der Waals surface area contributed by atoms with Gasteiger partial charge >= 0.3 is 0 Å². The monoisotopic (exact) mass is 326 g/mol. The van der Waals surface area contributed by atoms with Crippen molar-refractivity contribution < 1.29 is 4.79 Å². The highest BCUT2D eigenvalue weighted by Crippen LogP contribution is 2.19. The molecule has 0 aromatic heterocycles. The van der Waals surface area contributed by atoms with Gasteiger partial charge < -0.3 is 21.7 Å². The van der Waals surface area contributed by atoms with Crippen LogP contribution < -0.4 is 21.7 Å². The van der Waals surface area contributed by atoms with Crippen LogP contribution in [0.4, 0.5) is 17.1 Å². The number of amides is 1. The summed E-state index contributed by atoms with van der Waals surface area (Å²) in [5.41, 5.74) is 8.66. The van der Waals surface area contributed by atoms with E-state index in [1.54, 1.807) is 12.1 Å². The third kappa shape index (κ3) is 4.73. The van der Waals surface area contributed by atoms with Gasteiger partial charge in [0.2, 0.25) is 0 Å². The van der Waals surface area contributed by atoms with E-state index in [0.717, 1.165) is 25.2 Å². The fourth-order valence-corrected chi connectivity index (χ4v) is 2.54. The lowest BCUT2D eigenvalue weighted by atomic mass is 10.1. The average molecular weight is 326 g/mol. The van der Waals surface area contributed by atoms with E-state index in [1.807, 2.05) is 50.2 Å². The summed E-state index contributed by atoms with van der Waals surface area (Å²) >= 11 is 0. The molecule has 5 nitrogen and oxygen atoms in total. The molecule has 3 rings (SSSR count). The molecule has 1 atom stereocenters. The van der Waals surface area contributed by atoms with Crippen molar-refractivity contribution in [2.24, 2.45) is 0 Å². The number of benzene rings is 2. The largest absolute Gasteiger partial charge is 0.397 e. The lowest BCUT2D eigenvalue weighted by molar-refractivity contribution is 0.102. The van der Waals surface area contributed by atoms with Crippen LogP contribution in [0.25, 0.3) is 0 Å². The number of carbonyl (C=O) groups is 1. The smallest absolute Gasteiger partial charge is 0.255 e. The molecular formula is C19H26N4O. The number of nitrogen functional groups attached to an aromatic ring is 1. The number of hydrogen-bond donors (Lipinski definition) is 4. The van der Waals surface area contributed by atoms with Gasteiger partial charge in [0.15, 0.2) is 0 Å². The molecule has 1 amide bonds. The molecule has 0 radical (unpaired) electrons. The fraction of sp³-hybridized carbons (Fsp3) is 0.316. The summed E-state index contributed by atoms with van der Waals surface area (Å²) in [5, 5.41) is 9.59. The first kappa shape index (κ1) is 17.8. The first-order valence-corrected chi connectivity index (χ1v) is 8.45. The summed E-state index contributed by atoms with van der Waals surface area (Å²) < 4.78 is 0. The highest BCUT2D eigenvalue weighted by molar-refractivity contribution is 6.05. The van der Waals surface area contributed by atoms with Crippen molar-refractivity contribution in [2.75, 3.05) is 29.5 Å². The van der Waals surface area contributed by atoms with Gasteiger partial charge in [0.25, 0.3) is 5.91 Å². The van der Waals surface area contributed by atoms with Crippen molar-refractivity contribution in [1.82, 2.24) is 5.32 Å². The van der Waals surface area contributed by atoms with Crippen LogP contribution >= 0.6 is 0 Å². The van der Waals surface area contributed by atoms with Crippen LogP contribution in [0.1, 0.15) is 30.6 Å². The zero-order chi connectivity index (χ0) is 17.4. The minimum atomic E-state index is -0.160. The maximum Gasteiger partial charge on any atom is 0.255 e. The molecule has 1 aliphatic rings.